The van der Waals surface area contributed by atoms with Crippen molar-refractivity contribution in [2.45, 2.75) is 56.3 Å². The number of nitrogens with one attached hydrogen (secondary N) is 1. The Morgan fingerprint density at radius 2 is 1.95 bits per heavy atom. The number of likely N-dealkylation sites (N-methyl/N-ethyl adjacent to an activating group) is 1. The van der Waals surface area contributed by atoms with E-state index in [0.717, 1.165) is 32.8 Å². The van der Waals surface area contributed by atoms with Gasteiger partial charge in [-0.3, -0.25) is 0 Å². The molecule has 2 unspecified atom stereocenters. The van der Waals surface area contributed by atoms with E-state index in [4.69, 9.17) is 9.47 Å². The number of rotatable bonds is 4. The third-order valence-electron chi connectivity index (χ3n) is 4.94. The Labute approximate surface area is 116 Å². The Morgan fingerprint density at radius 1 is 1.16 bits per heavy atom. The van der Waals surface area contributed by atoms with Crippen molar-refractivity contribution in [3.63, 3.8) is 0 Å². The first kappa shape index (κ1) is 13.8. The van der Waals surface area contributed by atoms with Crippen LogP contribution in [0.5, 0.6) is 0 Å². The zero-order chi connectivity index (χ0) is 13.1. The molecule has 1 N–H and O–H groups in total. The minimum Gasteiger partial charge on any atom is -0.374 e. The fourth-order valence-corrected chi connectivity index (χ4v) is 3.82. The zero-order valence-electron chi connectivity index (χ0n) is 12.2. The molecule has 19 heavy (non-hydrogen) atoms. The second-order valence-corrected chi connectivity index (χ2v) is 6.58. The van der Waals surface area contributed by atoms with Crippen LogP contribution in [0.25, 0.3) is 0 Å². The van der Waals surface area contributed by atoms with Crippen molar-refractivity contribution < 1.29 is 9.47 Å². The number of ether oxygens (including phenoxy) is 2. The fraction of sp³-hybridized carbons (Fsp3) is 1.00. The summed E-state index contributed by atoms with van der Waals surface area (Å²) in [7, 11) is 2.17. The zero-order valence-corrected chi connectivity index (χ0v) is 12.2. The highest BCUT2D eigenvalue weighted by molar-refractivity contribution is 4.93. The van der Waals surface area contributed by atoms with Gasteiger partial charge in [-0.2, -0.15) is 0 Å². The van der Waals surface area contributed by atoms with Crippen LogP contribution in [0.2, 0.25) is 0 Å². The van der Waals surface area contributed by atoms with Crippen molar-refractivity contribution >= 4 is 0 Å². The quantitative estimate of drug-likeness (QED) is 0.835. The van der Waals surface area contributed by atoms with Gasteiger partial charge in [-0.1, -0.05) is 12.8 Å². The molecule has 4 heteroatoms. The molecule has 0 aromatic heterocycles. The van der Waals surface area contributed by atoms with Crippen molar-refractivity contribution in [2.75, 3.05) is 39.8 Å². The van der Waals surface area contributed by atoms with Gasteiger partial charge in [0.15, 0.2) is 0 Å². The Balaban J connectivity index is 1.34. The lowest BCUT2D eigenvalue weighted by Gasteiger charge is -2.30. The van der Waals surface area contributed by atoms with E-state index >= 15 is 0 Å². The van der Waals surface area contributed by atoms with Crippen molar-refractivity contribution in [3.05, 3.63) is 0 Å². The van der Waals surface area contributed by atoms with E-state index in [1.807, 2.05) is 0 Å². The highest BCUT2D eigenvalue weighted by atomic mass is 16.5. The Kier molecular flexibility index (Phi) is 4.42. The topological polar surface area (TPSA) is 33.7 Å². The fourth-order valence-electron chi connectivity index (χ4n) is 3.82. The van der Waals surface area contributed by atoms with E-state index in [1.54, 1.807) is 0 Å². The molecule has 0 bridgehead atoms. The van der Waals surface area contributed by atoms with Gasteiger partial charge in [-0.05, 0) is 32.7 Å². The summed E-state index contributed by atoms with van der Waals surface area (Å²) in [5, 5.41) is 3.55. The van der Waals surface area contributed by atoms with Gasteiger partial charge >= 0.3 is 0 Å². The Hall–Kier alpha value is -0.160. The third-order valence-corrected chi connectivity index (χ3v) is 4.94. The molecule has 1 aliphatic carbocycles. The van der Waals surface area contributed by atoms with Crippen LogP contribution in [0.15, 0.2) is 0 Å². The van der Waals surface area contributed by atoms with Crippen molar-refractivity contribution in [2.24, 2.45) is 0 Å². The molecular weight excluding hydrogens is 240 g/mol. The average Bonchev–Trinajstić information content (AvgIpc) is 3.01. The molecule has 2 aliphatic heterocycles. The van der Waals surface area contributed by atoms with Gasteiger partial charge in [0.05, 0.1) is 24.4 Å². The molecule has 2 saturated heterocycles. The summed E-state index contributed by atoms with van der Waals surface area (Å²) in [4.78, 5) is 2.34. The lowest BCUT2D eigenvalue weighted by Crippen LogP contribution is -2.46. The van der Waals surface area contributed by atoms with E-state index in [9.17, 15) is 0 Å². The van der Waals surface area contributed by atoms with Gasteiger partial charge in [0.2, 0.25) is 0 Å². The van der Waals surface area contributed by atoms with Gasteiger partial charge in [0.1, 0.15) is 0 Å². The maximum atomic E-state index is 6.31. The average molecular weight is 268 g/mol. The van der Waals surface area contributed by atoms with E-state index in [2.05, 4.69) is 17.3 Å². The van der Waals surface area contributed by atoms with E-state index in [1.165, 1.54) is 38.5 Å². The summed E-state index contributed by atoms with van der Waals surface area (Å²) < 4.78 is 12.1. The molecule has 3 aliphatic rings. The smallest absolute Gasteiger partial charge is 0.0826 e. The standard InChI is InChI=1S/C15H28N2O2/c1-17-8-9-18-14(12-17)11-16-10-13-4-7-15(19-13)5-2-3-6-15/h13-14,16H,2-12H2,1H3. The molecule has 1 spiro atoms. The number of morpholine rings is 1. The lowest BCUT2D eigenvalue weighted by atomic mass is 9.98. The maximum absolute atomic E-state index is 6.31. The Morgan fingerprint density at radius 3 is 2.74 bits per heavy atom. The minimum absolute atomic E-state index is 0.272. The van der Waals surface area contributed by atoms with Crippen molar-refractivity contribution in [3.8, 4) is 0 Å². The van der Waals surface area contributed by atoms with Crippen LogP contribution in [-0.4, -0.2) is 62.5 Å². The molecule has 4 nitrogen and oxygen atoms in total. The summed E-state index contributed by atoms with van der Waals surface area (Å²) in [5.74, 6) is 0. The summed E-state index contributed by atoms with van der Waals surface area (Å²) in [5.41, 5.74) is 0.272. The SMILES string of the molecule is CN1CCOC(CNCC2CCC3(CCCC3)O2)C1. The number of hydrogen-bond acceptors (Lipinski definition) is 4. The molecule has 0 aromatic carbocycles. The highest BCUT2D eigenvalue weighted by Gasteiger charge is 2.41. The maximum Gasteiger partial charge on any atom is 0.0826 e. The van der Waals surface area contributed by atoms with Gasteiger partial charge in [-0.15, -0.1) is 0 Å². The molecule has 0 amide bonds. The van der Waals surface area contributed by atoms with Crippen molar-refractivity contribution in [1.82, 2.24) is 10.2 Å². The molecule has 0 aromatic rings. The molecule has 0 radical (unpaired) electrons. The molecule has 2 atom stereocenters. The number of hydrogen-bond donors (Lipinski definition) is 1. The second-order valence-electron chi connectivity index (χ2n) is 6.58. The summed E-state index contributed by atoms with van der Waals surface area (Å²) in [6, 6.07) is 0. The molecule has 3 rings (SSSR count). The summed E-state index contributed by atoms with van der Waals surface area (Å²) in [6.45, 7) is 4.92. The first-order valence-electron chi connectivity index (χ1n) is 7.94. The van der Waals surface area contributed by atoms with Crippen LogP contribution >= 0.6 is 0 Å². The van der Waals surface area contributed by atoms with Crippen LogP contribution in [0.1, 0.15) is 38.5 Å². The molecule has 1 saturated carbocycles. The van der Waals surface area contributed by atoms with Crippen LogP contribution in [-0.2, 0) is 9.47 Å². The van der Waals surface area contributed by atoms with Crippen molar-refractivity contribution in [1.29, 1.82) is 0 Å². The first-order valence-corrected chi connectivity index (χ1v) is 7.94. The van der Waals surface area contributed by atoms with Gasteiger partial charge in [-0.25, -0.2) is 0 Å². The molecular formula is C15H28N2O2. The lowest BCUT2D eigenvalue weighted by molar-refractivity contribution is -0.0406. The molecule has 2 heterocycles. The normalized spacial score (nSPS) is 35.2. The second kappa shape index (κ2) is 6.08. The predicted molar refractivity (Wildman–Crippen MR) is 75.4 cm³/mol. The van der Waals surface area contributed by atoms with E-state index < -0.39 is 0 Å². The number of nitrogens with zero attached hydrogens (tertiary/aromatic N) is 1. The van der Waals surface area contributed by atoms with E-state index in [0.29, 0.717) is 12.2 Å². The van der Waals surface area contributed by atoms with Crippen LogP contribution < -0.4 is 5.32 Å². The summed E-state index contributed by atoms with van der Waals surface area (Å²) >= 11 is 0. The van der Waals surface area contributed by atoms with Crippen LogP contribution in [0, 0.1) is 0 Å². The first-order chi connectivity index (χ1) is 9.26. The predicted octanol–water partition coefficient (Wildman–Crippen LogP) is 1.40. The Bertz CT molecular complexity index is 292. The highest BCUT2D eigenvalue weighted by Crippen LogP contribution is 2.43. The summed E-state index contributed by atoms with van der Waals surface area (Å²) in [6.07, 6.45) is 8.60. The van der Waals surface area contributed by atoms with Gasteiger partial charge in [0.25, 0.3) is 0 Å². The van der Waals surface area contributed by atoms with E-state index in [-0.39, 0.29) is 5.60 Å². The minimum atomic E-state index is 0.272. The largest absolute Gasteiger partial charge is 0.374 e. The van der Waals surface area contributed by atoms with Gasteiger partial charge < -0.3 is 19.7 Å². The van der Waals surface area contributed by atoms with Crippen LogP contribution in [0.4, 0.5) is 0 Å². The molecule has 3 fully saturated rings. The molecule has 110 valence electrons. The monoisotopic (exact) mass is 268 g/mol. The van der Waals surface area contributed by atoms with Crippen LogP contribution in [0.3, 0.4) is 0 Å². The third kappa shape index (κ3) is 3.48. The van der Waals surface area contributed by atoms with Gasteiger partial charge in [0, 0.05) is 26.2 Å².